The fourth-order valence-electron chi connectivity index (χ4n) is 10.4. The molecule has 12 aromatic rings. The molecule has 0 radical (unpaired) electrons. The molecule has 2 heterocycles. The molecule has 12 rings (SSSR count). The highest BCUT2D eigenvalue weighted by Gasteiger charge is 2.72. The maximum Gasteiger partial charge on any atom is 0.411 e. The minimum absolute atomic E-state index is 0.0372. The number of alkyl halides is 6. The van der Waals surface area contributed by atoms with Gasteiger partial charge in [-0.2, -0.15) is 26.3 Å². The van der Waals surface area contributed by atoms with Crippen molar-refractivity contribution in [2.45, 2.75) is 17.8 Å². The summed E-state index contributed by atoms with van der Waals surface area (Å²) in [6.45, 7) is 0. The smallest absolute Gasteiger partial charge is 0.208 e. The lowest BCUT2D eigenvalue weighted by Crippen LogP contribution is -2.54. The number of hydrogen-bond acceptors (Lipinski definition) is 6. The van der Waals surface area contributed by atoms with Crippen molar-refractivity contribution >= 4 is 0 Å². The lowest BCUT2D eigenvalue weighted by molar-refractivity contribution is -0.288. The van der Waals surface area contributed by atoms with E-state index >= 15 is 26.3 Å². The lowest BCUT2D eigenvalue weighted by atomic mass is 9.72. The van der Waals surface area contributed by atoms with Gasteiger partial charge in [0.1, 0.15) is 0 Å². The summed E-state index contributed by atoms with van der Waals surface area (Å²) in [6, 6.07) is 76.7. The predicted octanol–water partition coefficient (Wildman–Crippen LogP) is 18.1. The first-order valence-electron chi connectivity index (χ1n) is 25.9. The third-order valence-electron chi connectivity index (χ3n) is 14.3. The van der Waals surface area contributed by atoms with Gasteiger partial charge in [-0.05, 0) is 55.6 Å². The average Bonchev–Trinajstić information content (AvgIpc) is 3.70. The monoisotopic (exact) mass is 1070 g/mol. The predicted molar refractivity (Wildman–Crippen MR) is 307 cm³/mol. The van der Waals surface area contributed by atoms with Crippen LogP contribution < -0.4 is 0 Å². The van der Waals surface area contributed by atoms with Crippen LogP contribution in [0.1, 0.15) is 11.1 Å². The van der Waals surface area contributed by atoms with Crippen LogP contribution in [-0.4, -0.2) is 42.3 Å². The molecule has 0 spiro atoms. The van der Waals surface area contributed by atoms with Gasteiger partial charge in [0.2, 0.25) is 5.41 Å². The molecule has 6 nitrogen and oxygen atoms in total. The van der Waals surface area contributed by atoms with Crippen LogP contribution in [0, 0.1) is 0 Å². The molecule has 0 aliphatic heterocycles. The molecule has 0 aliphatic carbocycles. The molecule has 0 fully saturated rings. The molecule has 0 saturated heterocycles. The highest BCUT2D eigenvalue weighted by Crippen LogP contribution is 2.56. The Morgan fingerprint density at radius 3 is 0.605 bits per heavy atom. The molecule has 0 saturated carbocycles. The molecule has 81 heavy (non-hydrogen) atoms. The molecule has 0 atom stereocenters. The zero-order valence-corrected chi connectivity index (χ0v) is 42.9. The zero-order chi connectivity index (χ0) is 55.6. The van der Waals surface area contributed by atoms with Gasteiger partial charge in [-0.15, -0.1) is 0 Å². The van der Waals surface area contributed by atoms with Crippen molar-refractivity contribution in [1.82, 2.24) is 29.9 Å². The number of nitrogens with zero attached hydrogens (tertiary/aromatic N) is 6. The maximum atomic E-state index is 16.0. The van der Waals surface area contributed by atoms with Crippen molar-refractivity contribution in [3.8, 4) is 113 Å². The van der Waals surface area contributed by atoms with Crippen molar-refractivity contribution in [3.63, 3.8) is 0 Å². The first kappa shape index (κ1) is 51.6. The molecular weight excluding hydrogens is 1030 g/mol. The quantitative estimate of drug-likeness (QED) is 0.113. The van der Waals surface area contributed by atoms with Gasteiger partial charge in [-0.1, -0.05) is 267 Å². The molecular formula is C69H44F6N6. The number of halogens is 6. The second-order valence-corrected chi connectivity index (χ2v) is 19.2. The number of aromatic nitrogens is 6. The van der Waals surface area contributed by atoms with Crippen LogP contribution in [0.15, 0.2) is 267 Å². The van der Waals surface area contributed by atoms with E-state index < -0.39 is 28.9 Å². The van der Waals surface area contributed by atoms with Crippen LogP contribution in [0.3, 0.4) is 0 Å². The summed E-state index contributed by atoms with van der Waals surface area (Å²) in [4.78, 5) is 29.5. The fourth-order valence-corrected chi connectivity index (χ4v) is 10.4. The number of benzene rings is 10. The van der Waals surface area contributed by atoms with Crippen LogP contribution in [0.4, 0.5) is 26.3 Å². The minimum Gasteiger partial charge on any atom is -0.208 e. The molecule has 2 aromatic heterocycles. The fraction of sp³-hybridized carbons (Fsp3) is 0.0435. The van der Waals surface area contributed by atoms with E-state index in [0.29, 0.717) is 22.3 Å². The summed E-state index contributed by atoms with van der Waals surface area (Å²) in [5.41, 5.74) is 3.00. The van der Waals surface area contributed by atoms with Gasteiger partial charge >= 0.3 is 12.4 Å². The van der Waals surface area contributed by atoms with Gasteiger partial charge in [0.25, 0.3) is 0 Å². The van der Waals surface area contributed by atoms with E-state index in [0.717, 1.165) is 68.8 Å². The van der Waals surface area contributed by atoms with Crippen molar-refractivity contribution in [3.05, 3.63) is 278 Å². The zero-order valence-electron chi connectivity index (χ0n) is 42.9. The van der Waals surface area contributed by atoms with Crippen molar-refractivity contribution in [2.75, 3.05) is 0 Å². The SMILES string of the molecule is FC(F)(F)C(c1ccc(-c2nc(-c3ccccc3-c3ccccc3)nc(-c3ccccc3-c3ccccc3)n2)cc1)(c1ccc(-c2nc(-c3ccccc3-c3ccccc3)nc(-c3ccccc3-c3ccccc3)n2)cc1)C(F)(F)F. The molecule has 10 aromatic carbocycles. The van der Waals surface area contributed by atoms with Gasteiger partial charge in [0, 0.05) is 33.4 Å². The van der Waals surface area contributed by atoms with Crippen LogP contribution in [0.5, 0.6) is 0 Å². The van der Waals surface area contributed by atoms with E-state index in [4.69, 9.17) is 29.9 Å². The second kappa shape index (κ2) is 21.6. The minimum atomic E-state index is -5.89. The Kier molecular flexibility index (Phi) is 13.7. The van der Waals surface area contributed by atoms with E-state index in [1.807, 2.05) is 218 Å². The van der Waals surface area contributed by atoms with Gasteiger partial charge in [0.05, 0.1) is 0 Å². The summed E-state index contributed by atoms with van der Waals surface area (Å²) >= 11 is 0. The maximum absolute atomic E-state index is 16.0. The van der Waals surface area contributed by atoms with Crippen molar-refractivity contribution in [2.24, 2.45) is 0 Å². The van der Waals surface area contributed by atoms with Crippen LogP contribution >= 0.6 is 0 Å². The van der Waals surface area contributed by atoms with Crippen molar-refractivity contribution in [1.29, 1.82) is 0 Å². The summed E-state index contributed by atoms with van der Waals surface area (Å²) in [7, 11) is 0. The molecule has 0 bridgehead atoms. The normalized spacial score (nSPS) is 11.8. The van der Waals surface area contributed by atoms with E-state index in [9.17, 15) is 0 Å². The molecule has 0 N–H and O–H groups in total. The standard InChI is InChI=1S/C69H44F6N6/c70-68(71,72)67(69(73,74)75,51-41-37-49(38-42-51)61-76-63(57-33-17-13-29-53(57)45-21-5-1-6-22-45)80-64(77-61)58-34-18-14-30-54(58)46-23-7-2-8-24-46)52-43-39-50(40-44-52)62-78-65(59-35-19-15-31-55(59)47-25-9-3-10-26-47)81-66(79-62)60-36-20-16-32-56(60)48-27-11-4-12-28-48/h1-44H. The van der Waals surface area contributed by atoms with E-state index in [1.165, 1.54) is 24.3 Å². The number of hydrogen-bond donors (Lipinski definition) is 0. The lowest BCUT2D eigenvalue weighted by Gasteiger charge is -2.38. The first-order chi connectivity index (χ1) is 39.4. The molecule has 0 unspecified atom stereocenters. The van der Waals surface area contributed by atoms with E-state index in [1.54, 1.807) is 0 Å². The van der Waals surface area contributed by atoms with Gasteiger partial charge in [-0.25, -0.2) is 29.9 Å². The van der Waals surface area contributed by atoms with Gasteiger partial charge in [0.15, 0.2) is 34.9 Å². The van der Waals surface area contributed by atoms with Gasteiger partial charge in [-0.3, -0.25) is 0 Å². The Morgan fingerprint density at radius 2 is 0.383 bits per heavy atom. The van der Waals surface area contributed by atoms with E-state index in [-0.39, 0.29) is 46.1 Å². The molecule has 0 aliphatic rings. The largest absolute Gasteiger partial charge is 0.411 e. The summed E-state index contributed by atoms with van der Waals surface area (Å²) in [6.07, 6.45) is -11.8. The Morgan fingerprint density at radius 1 is 0.185 bits per heavy atom. The third kappa shape index (κ3) is 9.93. The molecule has 392 valence electrons. The first-order valence-corrected chi connectivity index (χ1v) is 25.9. The Bertz CT molecular complexity index is 3700. The Hall–Kier alpha value is -10.2. The summed E-state index contributed by atoms with van der Waals surface area (Å²) in [5, 5.41) is 0. The Labute approximate surface area is 462 Å². The van der Waals surface area contributed by atoms with Crippen LogP contribution in [-0.2, 0) is 5.41 Å². The van der Waals surface area contributed by atoms with Gasteiger partial charge < -0.3 is 0 Å². The average molecular weight is 1070 g/mol. The van der Waals surface area contributed by atoms with E-state index in [2.05, 4.69) is 0 Å². The Balaban J connectivity index is 0.980. The number of rotatable bonds is 12. The highest BCUT2D eigenvalue weighted by atomic mass is 19.4. The van der Waals surface area contributed by atoms with Crippen molar-refractivity contribution < 1.29 is 26.3 Å². The summed E-state index contributed by atoms with van der Waals surface area (Å²) in [5.74, 6) is 1.07. The van der Waals surface area contributed by atoms with Crippen LogP contribution in [0.2, 0.25) is 0 Å². The second-order valence-electron chi connectivity index (χ2n) is 19.2. The molecule has 12 heteroatoms. The van der Waals surface area contributed by atoms with Crippen LogP contribution in [0.25, 0.3) is 113 Å². The third-order valence-corrected chi connectivity index (χ3v) is 14.3. The summed E-state index contributed by atoms with van der Waals surface area (Å²) < 4.78 is 95.9. The topological polar surface area (TPSA) is 77.3 Å². The highest BCUT2D eigenvalue weighted by molar-refractivity contribution is 5.86. The molecule has 0 amide bonds.